The van der Waals surface area contributed by atoms with Gasteiger partial charge in [0, 0.05) is 19.9 Å². The predicted octanol–water partition coefficient (Wildman–Crippen LogP) is -1.99. The fraction of sp³-hybridized carbons (Fsp3) is 0.636. The van der Waals surface area contributed by atoms with E-state index in [2.05, 4.69) is 5.32 Å². The van der Waals surface area contributed by atoms with Gasteiger partial charge in [0.05, 0.1) is 12.5 Å². The number of aliphatic carboxylic acids is 2. The second-order valence-electron chi connectivity index (χ2n) is 4.57. The summed E-state index contributed by atoms with van der Waals surface area (Å²) in [5.41, 5.74) is 0. The highest BCUT2D eigenvalue weighted by atomic mass is 16.4. The molecule has 0 aromatic carbocycles. The molecular weight excluding hydrogens is 272 g/mol. The van der Waals surface area contributed by atoms with Crippen molar-refractivity contribution in [2.45, 2.75) is 38.0 Å². The molecule has 1 heterocycles. The Bertz CT molecular complexity index is 436. The maximum Gasteiger partial charge on any atom is 0.326 e. The molecule has 0 aromatic heterocycles. The molecule has 112 valence electrons. The number of carboxylic acid groups (broad SMARTS) is 2. The van der Waals surface area contributed by atoms with Gasteiger partial charge in [0.1, 0.15) is 12.1 Å². The number of hydrogen-bond acceptors (Lipinski definition) is 5. The van der Waals surface area contributed by atoms with E-state index in [1.807, 2.05) is 0 Å². The lowest BCUT2D eigenvalue weighted by atomic mass is 10.1. The van der Waals surface area contributed by atoms with Gasteiger partial charge in [-0.2, -0.15) is 0 Å². The third kappa shape index (κ3) is 3.92. The van der Waals surface area contributed by atoms with Crippen molar-refractivity contribution < 1.29 is 34.5 Å². The number of aliphatic hydroxyl groups excluding tert-OH is 1. The molecule has 1 aliphatic heterocycles. The Hall–Kier alpha value is -2.16. The number of carboxylic acids is 2. The lowest BCUT2D eigenvalue weighted by Crippen LogP contribution is -2.51. The number of nitrogens with one attached hydrogen (secondary N) is 1. The van der Waals surface area contributed by atoms with Gasteiger partial charge in [-0.1, -0.05) is 0 Å². The largest absolute Gasteiger partial charge is 0.481 e. The molecule has 0 aromatic rings. The van der Waals surface area contributed by atoms with E-state index >= 15 is 0 Å². The molecule has 9 heteroatoms. The van der Waals surface area contributed by atoms with Gasteiger partial charge in [-0.3, -0.25) is 14.4 Å². The maximum absolute atomic E-state index is 11.9. The van der Waals surface area contributed by atoms with E-state index in [1.54, 1.807) is 0 Å². The minimum absolute atomic E-state index is 0.00910. The van der Waals surface area contributed by atoms with Crippen LogP contribution in [0, 0.1) is 0 Å². The molecule has 0 radical (unpaired) electrons. The van der Waals surface area contributed by atoms with E-state index in [4.69, 9.17) is 10.2 Å². The highest BCUT2D eigenvalue weighted by Crippen LogP contribution is 2.18. The average Bonchev–Trinajstić information content (AvgIpc) is 2.69. The number of hydrogen-bond donors (Lipinski definition) is 4. The monoisotopic (exact) mass is 288 g/mol. The Kier molecular flexibility index (Phi) is 5.03. The lowest BCUT2D eigenvalue weighted by molar-refractivity contribution is -0.148. The molecular formula is C11H16N2O7. The van der Waals surface area contributed by atoms with Crippen LogP contribution >= 0.6 is 0 Å². The second kappa shape index (κ2) is 6.33. The van der Waals surface area contributed by atoms with Gasteiger partial charge in [0.2, 0.25) is 11.8 Å². The number of carbonyl (C=O) groups excluding carboxylic acids is 2. The van der Waals surface area contributed by atoms with Crippen molar-refractivity contribution in [3.05, 3.63) is 0 Å². The summed E-state index contributed by atoms with van der Waals surface area (Å²) in [4.78, 5) is 45.8. The molecule has 9 nitrogen and oxygen atoms in total. The van der Waals surface area contributed by atoms with Crippen molar-refractivity contribution in [2.75, 3.05) is 6.54 Å². The van der Waals surface area contributed by atoms with Gasteiger partial charge in [-0.05, 0) is 0 Å². The lowest BCUT2D eigenvalue weighted by Gasteiger charge is -2.23. The van der Waals surface area contributed by atoms with E-state index in [1.165, 1.54) is 6.92 Å². The zero-order valence-corrected chi connectivity index (χ0v) is 10.8. The SMILES string of the molecule is CC(=O)N1CC(O)CC1C(=O)NC(CC(=O)O)C(=O)O. The summed E-state index contributed by atoms with van der Waals surface area (Å²) in [6.07, 6.45) is -1.64. The molecule has 0 bridgehead atoms. The molecule has 20 heavy (non-hydrogen) atoms. The molecule has 0 aliphatic carbocycles. The quantitative estimate of drug-likeness (QED) is 0.458. The smallest absolute Gasteiger partial charge is 0.326 e. The van der Waals surface area contributed by atoms with Crippen molar-refractivity contribution in [1.82, 2.24) is 10.2 Å². The van der Waals surface area contributed by atoms with Crippen LogP contribution < -0.4 is 5.32 Å². The first-order valence-corrected chi connectivity index (χ1v) is 5.92. The minimum atomic E-state index is -1.58. The maximum atomic E-state index is 11.9. The topological polar surface area (TPSA) is 144 Å². The number of likely N-dealkylation sites (tertiary alicyclic amines) is 1. The summed E-state index contributed by atoms with van der Waals surface area (Å²) in [6.45, 7) is 1.22. The van der Waals surface area contributed by atoms with Crippen molar-refractivity contribution in [1.29, 1.82) is 0 Å². The number of nitrogens with zero attached hydrogens (tertiary/aromatic N) is 1. The Balaban J connectivity index is 2.75. The molecule has 3 atom stereocenters. The van der Waals surface area contributed by atoms with Gasteiger partial charge in [0.15, 0.2) is 0 Å². The summed E-state index contributed by atoms with van der Waals surface area (Å²) < 4.78 is 0. The molecule has 0 saturated carbocycles. The summed E-state index contributed by atoms with van der Waals surface area (Å²) in [7, 11) is 0. The molecule has 1 aliphatic rings. The summed E-state index contributed by atoms with van der Waals surface area (Å²) in [5.74, 6) is -4.06. The zero-order chi connectivity index (χ0) is 15.4. The second-order valence-corrected chi connectivity index (χ2v) is 4.57. The zero-order valence-electron chi connectivity index (χ0n) is 10.8. The Labute approximate surface area is 114 Å². The first kappa shape index (κ1) is 15.9. The number of rotatable bonds is 5. The molecule has 1 fully saturated rings. The Morgan fingerprint density at radius 1 is 1.30 bits per heavy atom. The number of aliphatic hydroxyl groups is 1. The third-order valence-corrected chi connectivity index (χ3v) is 2.98. The van der Waals surface area contributed by atoms with Crippen LogP contribution in [0.2, 0.25) is 0 Å². The highest BCUT2D eigenvalue weighted by Gasteiger charge is 2.39. The van der Waals surface area contributed by atoms with Gasteiger partial charge >= 0.3 is 11.9 Å². The predicted molar refractivity (Wildman–Crippen MR) is 63.6 cm³/mol. The number of amides is 2. The number of β-amino-alcohol motifs (C(OH)–C–C–N with tert-alkyl or cyclic N) is 1. The van der Waals surface area contributed by atoms with Crippen molar-refractivity contribution in [3.8, 4) is 0 Å². The van der Waals surface area contributed by atoms with Crippen LogP contribution in [0.1, 0.15) is 19.8 Å². The van der Waals surface area contributed by atoms with Crippen LogP contribution in [0.25, 0.3) is 0 Å². The van der Waals surface area contributed by atoms with Gasteiger partial charge in [-0.25, -0.2) is 4.79 Å². The van der Waals surface area contributed by atoms with Gasteiger partial charge < -0.3 is 25.5 Å². The van der Waals surface area contributed by atoms with Gasteiger partial charge in [-0.15, -0.1) is 0 Å². The van der Waals surface area contributed by atoms with E-state index in [9.17, 15) is 24.3 Å². The molecule has 3 unspecified atom stereocenters. The molecule has 0 spiro atoms. The highest BCUT2D eigenvalue weighted by molar-refractivity contribution is 5.91. The molecule has 4 N–H and O–H groups in total. The van der Waals surface area contributed by atoms with Crippen LogP contribution in [0.3, 0.4) is 0 Å². The third-order valence-electron chi connectivity index (χ3n) is 2.98. The van der Waals surface area contributed by atoms with Gasteiger partial charge in [0.25, 0.3) is 0 Å². The molecule has 1 saturated heterocycles. The van der Waals surface area contributed by atoms with E-state index < -0.39 is 48.4 Å². The normalized spacial score (nSPS) is 23.2. The van der Waals surface area contributed by atoms with Crippen LogP contribution in [0.5, 0.6) is 0 Å². The van der Waals surface area contributed by atoms with Crippen LogP contribution in [-0.2, 0) is 19.2 Å². The molecule has 1 rings (SSSR count). The number of carbonyl (C=O) groups is 4. The standard InChI is InChI=1S/C11H16N2O7/c1-5(14)13-4-6(15)2-8(13)10(18)12-7(11(19)20)3-9(16)17/h6-8,15H,2-4H2,1H3,(H,12,18)(H,16,17)(H,19,20). The first-order chi connectivity index (χ1) is 9.22. The van der Waals surface area contributed by atoms with Crippen molar-refractivity contribution >= 4 is 23.8 Å². The van der Waals surface area contributed by atoms with Crippen LogP contribution in [0.4, 0.5) is 0 Å². The summed E-state index contributed by atoms with van der Waals surface area (Å²) in [6, 6.07) is -2.57. The first-order valence-electron chi connectivity index (χ1n) is 5.92. The Morgan fingerprint density at radius 3 is 2.35 bits per heavy atom. The fourth-order valence-corrected chi connectivity index (χ4v) is 2.05. The Morgan fingerprint density at radius 2 is 1.90 bits per heavy atom. The van der Waals surface area contributed by atoms with E-state index in [0.29, 0.717) is 0 Å². The van der Waals surface area contributed by atoms with Crippen molar-refractivity contribution in [3.63, 3.8) is 0 Å². The summed E-state index contributed by atoms with van der Waals surface area (Å²) >= 11 is 0. The van der Waals surface area contributed by atoms with E-state index in [0.717, 1.165) is 4.90 Å². The fourth-order valence-electron chi connectivity index (χ4n) is 2.05. The van der Waals surface area contributed by atoms with Crippen LogP contribution in [-0.4, -0.2) is 68.7 Å². The average molecular weight is 288 g/mol. The molecule has 2 amide bonds. The summed E-state index contributed by atoms with van der Waals surface area (Å²) in [5, 5.41) is 29.0. The van der Waals surface area contributed by atoms with Crippen LogP contribution in [0.15, 0.2) is 0 Å². The van der Waals surface area contributed by atoms with Crippen molar-refractivity contribution in [2.24, 2.45) is 0 Å². The van der Waals surface area contributed by atoms with E-state index in [-0.39, 0.29) is 13.0 Å². The minimum Gasteiger partial charge on any atom is -0.481 e.